The molecular weight excluding hydrogens is 336 g/mol. The molecule has 0 radical (unpaired) electrons. The van der Waals surface area contributed by atoms with Gasteiger partial charge in [-0.3, -0.25) is 4.79 Å². The zero-order chi connectivity index (χ0) is 17.0. The van der Waals surface area contributed by atoms with E-state index in [0.717, 1.165) is 11.8 Å². The zero-order valence-corrected chi connectivity index (χ0v) is 13.8. The van der Waals surface area contributed by atoms with Crippen LogP contribution in [-0.2, 0) is 16.3 Å². The first-order valence-electron chi connectivity index (χ1n) is 6.58. The Morgan fingerprint density at radius 1 is 1.22 bits per heavy atom. The normalized spacial score (nSPS) is 10.8. The van der Waals surface area contributed by atoms with E-state index in [0.29, 0.717) is 12.1 Å². The number of nitrogens with zero attached hydrogens (tertiary/aromatic N) is 1. The van der Waals surface area contributed by atoms with E-state index in [4.69, 9.17) is 16.9 Å². The summed E-state index contributed by atoms with van der Waals surface area (Å²) < 4.78 is 23.3. The molecule has 0 fully saturated rings. The molecule has 0 aliphatic heterocycles. The first-order valence-corrected chi connectivity index (χ1v) is 8.85. The quantitative estimate of drug-likeness (QED) is 0.919. The number of rotatable bonds is 4. The molecule has 2 aromatic carbocycles. The molecule has 0 bridgehead atoms. The Kier molecular flexibility index (Phi) is 5.04. The zero-order valence-electron chi connectivity index (χ0n) is 12.2. The highest BCUT2D eigenvalue weighted by atomic mass is 35.5. The first-order chi connectivity index (χ1) is 10.8. The molecule has 0 saturated heterocycles. The van der Waals surface area contributed by atoms with E-state index in [9.17, 15) is 13.2 Å². The highest BCUT2D eigenvalue weighted by Gasteiger charge is 2.16. The van der Waals surface area contributed by atoms with Crippen LogP contribution in [0.15, 0.2) is 47.4 Å². The highest BCUT2D eigenvalue weighted by molar-refractivity contribution is 7.90. The van der Waals surface area contributed by atoms with Crippen molar-refractivity contribution in [1.29, 1.82) is 5.26 Å². The van der Waals surface area contributed by atoms with Gasteiger partial charge in [0.1, 0.15) is 0 Å². The third-order valence-electron chi connectivity index (χ3n) is 3.09. The molecule has 7 heteroatoms. The Balaban J connectivity index is 2.23. The van der Waals surface area contributed by atoms with Crippen molar-refractivity contribution in [3.8, 4) is 6.07 Å². The van der Waals surface area contributed by atoms with Crippen LogP contribution in [-0.4, -0.2) is 20.6 Å². The second-order valence-corrected chi connectivity index (χ2v) is 7.29. The molecular formula is C16H13ClN2O3S. The SMILES string of the molecule is CS(=O)(=O)c1cc(C(=O)Nc2ccc(CC#N)cc2)ccc1Cl. The molecule has 0 spiro atoms. The minimum atomic E-state index is -3.52. The second-order valence-electron chi connectivity index (χ2n) is 4.90. The van der Waals surface area contributed by atoms with Gasteiger partial charge in [-0.1, -0.05) is 23.7 Å². The van der Waals surface area contributed by atoms with E-state index in [2.05, 4.69) is 5.32 Å². The molecule has 118 valence electrons. The number of sulfone groups is 1. The first kappa shape index (κ1) is 17.0. The maximum Gasteiger partial charge on any atom is 0.255 e. The molecule has 0 atom stereocenters. The number of halogens is 1. The molecule has 0 aliphatic rings. The van der Waals surface area contributed by atoms with Crippen LogP contribution in [0.25, 0.3) is 0 Å². The third-order valence-corrected chi connectivity index (χ3v) is 4.67. The summed E-state index contributed by atoms with van der Waals surface area (Å²) >= 11 is 5.86. The Labute approximate surface area is 139 Å². The Hall–Kier alpha value is -2.36. The molecule has 1 amide bonds. The lowest BCUT2D eigenvalue weighted by atomic mass is 10.1. The monoisotopic (exact) mass is 348 g/mol. The smallest absolute Gasteiger partial charge is 0.255 e. The van der Waals surface area contributed by atoms with Gasteiger partial charge in [-0.15, -0.1) is 0 Å². The summed E-state index contributed by atoms with van der Waals surface area (Å²) in [7, 11) is -3.52. The number of benzene rings is 2. The van der Waals surface area contributed by atoms with Gasteiger partial charge in [-0.2, -0.15) is 5.26 Å². The molecule has 2 rings (SSSR count). The number of nitriles is 1. The molecule has 1 N–H and O–H groups in total. The lowest BCUT2D eigenvalue weighted by Crippen LogP contribution is -2.13. The third kappa shape index (κ3) is 4.31. The van der Waals surface area contributed by atoms with Crippen LogP contribution in [0.3, 0.4) is 0 Å². The number of carbonyl (C=O) groups is 1. The Bertz CT molecular complexity index is 885. The predicted molar refractivity (Wildman–Crippen MR) is 88.3 cm³/mol. The van der Waals surface area contributed by atoms with Crippen molar-refractivity contribution in [3.05, 3.63) is 58.6 Å². The van der Waals surface area contributed by atoms with Gasteiger partial charge in [0.25, 0.3) is 5.91 Å². The fraction of sp³-hybridized carbons (Fsp3) is 0.125. The van der Waals surface area contributed by atoms with Gasteiger partial charge in [-0.25, -0.2) is 8.42 Å². The number of hydrogen-bond acceptors (Lipinski definition) is 4. The largest absolute Gasteiger partial charge is 0.322 e. The molecule has 0 aliphatic carbocycles. The van der Waals surface area contributed by atoms with Crippen molar-refractivity contribution < 1.29 is 13.2 Å². The number of anilines is 1. The van der Waals surface area contributed by atoms with Gasteiger partial charge in [0.15, 0.2) is 9.84 Å². The number of amides is 1. The van der Waals surface area contributed by atoms with Crippen molar-refractivity contribution in [1.82, 2.24) is 0 Å². The average Bonchev–Trinajstić information content (AvgIpc) is 2.48. The number of nitrogens with one attached hydrogen (secondary N) is 1. The summed E-state index contributed by atoms with van der Waals surface area (Å²) in [5.41, 5.74) is 1.58. The van der Waals surface area contributed by atoms with Crippen LogP contribution in [0.4, 0.5) is 5.69 Å². The second kappa shape index (κ2) is 6.82. The summed E-state index contributed by atoms with van der Waals surface area (Å²) in [4.78, 5) is 12.1. The molecule has 0 unspecified atom stereocenters. The molecule has 0 aromatic heterocycles. The van der Waals surface area contributed by atoms with E-state index < -0.39 is 15.7 Å². The van der Waals surface area contributed by atoms with Crippen molar-refractivity contribution in [3.63, 3.8) is 0 Å². The van der Waals surface area contributed by atoms with Crippen molar-refractivity contribution in [2.75, 3.05) is 11.6 Å². The topological polar surface area (TPSA) is 87.0 Å². The van der Waals surface area contributed by atoms with Crippen LogP contribution in [0.5, 0.6) is 0 Å². The molecule has 23 heavy (non-hydrogen) atoms. The summed E-state index contributed by atoms with van der Waals surface area (Å²) in [6.07, 6.45) is 1.33. The fourth-order valence-electron chi connectivity index (χ4n) is 1.93. The fourth-order valence-corrected chi connectivity index (χ4v) is 3.23. The molecule has 0 saturated carbocycles. The van der Waals surface area contributed by atoms with E-state index in [-0.39, 0.29) is 15.5 Å². The molecule has 0 heterocycles. The predicted octanol–water partition coefficient (Wildman–Crippen LogP) is 3.06. The lowest BCUT2D eigenvalue weighted by molar-refractivity contribution is 0.102. The minimum absolute atomic E-state index is 0.0740. The van der Waals surface area contributed by atoms with Crippen molar-refractivity contribution in [2.45, 2.75) is 11.3 Å². The molecule has 2 aromatic rings. The van der Waals surface area contributed by atoms with E-state index in [1.807, 2.05) is 6.07 Å². The van der Waals surface area contributed by atoms with Gasteiger partial charge in [0, 0.05) is 17.5 Å². The standard InChI is InChI=1S/C16H13ClN2O3S/c1-23(21,22)15-10-12(4-7-14(15)17)16(20)19-13-5-2-11(3-6-13)8-9-18/h2-7,10H,8H2,1H3,(H,19,20). The van der Waals surface area contributed by atoms with Crippen LogP contribution in [0.1, 0.15) is 15.9 Å². The van der Waals surface area contributed by atoms with E-state index in [1.54, 1.807) is 24.3 Å². The summed E-state index contributed by atoms with van der Waals surface area (Å²) in [5, 5.41) is 11.4. The molecule has 5 nitrogen and oxygen atoms in total. The Morgan fingerprint density at radius 3 is 2.43 bits per heavy atom. The minimum Gasteiger partial charge on any atom is -0.322 e. The van der Waals surface area contributed by atoms with Crippen LogP contribution in [0.2, 0.25) is 5.02 Å². The summed E-state index contributed by atoms with van der Waals surface area (Å²) in [6.45, 7) is 0. The number of carbonyl (C=O) groups excluding carboxylic acids is 1. The highest BCUT2D eigenvalue weighted by Crippen LogP contribution is 2.23. The summed E-state index contributed by atoms with van der Waals surface area (Å²) in [5.74, 6) is -0.445. The number of hydrogen-bond donors (Lipinski definition) is 1. The van der Waals surface area contributed by atoms with Gasteiger partial charge in [0.05, 0.1) is 22.4 Å². The van der Waals surface area contributed by atoms with Gasteiger partial charge in [-0.05, 0) is 35.9 Å². The van der Waals surface area contributed by atoms with Gasteiger partial charge < -0.3 is 5.32 Å². The van der Waals surface area contributed by atoms with Crippen molar-refractivity contribution >= 4 is 33.0 Å². The van der Waals surface area contributed by atoms with E-state index >= 15 is 0 Å². The average molecular weight is 349 g/mol. The van der Waals surface area contributed by atoms with Crippen molar-refractivity contribution in [2.24, 2.45) is 0 Å². The van der Waals surface area contributed by atoms with E-state index in [1.165, 1.54) is 18.2 Å². The lowest BCUT2D eigenvalue weighted by Gasteiger charge is -2.08. The van der Waals surface area contributed by atoms with Crippen LogP contribution < -0.4 is 5.32 Å². The maximum atomic E-state index is 12.2. The van der Waals surface area contributed by atoms with Crippen LogP contribution in [0, 0.1) is 11.3 Å². The Morgan fingerprint density at radius 2 is 1.87 bits per heavy atom. The maximum absolute atomic E-state index is 12.2. The van der Waals surface area contributed by atoms with Crippen LogP contribution >= 0.6 is 11.6 Å². The van der Waals surface area contributed by atoms with Gasteiger partial charge in [0.2, 0.25) is 0 Å². The van der Waals surface area contributed by atoms with Gasteiger partial charge >= 0.3 is 0 Å². The summed E-state index contributed by atoms with van der Waals surface area (Å²) in [6, 6.07) is 13.0.